The number of amides is 1. The highest BCUT2D eigenvalue weighted by Crippen LogP contribution is 2.16. The fourth-order valence-corrected chi connectivity index (χ4v) is 3.47. The number of carbonyl (C=O) groups excluding carboxylic acids is 1. The number of hydrogen-bond acceptors (Lipinski definition) is 2. The van der Waals surface area contributed by atoms with E-state index < -0.39 is 0 Å². The summed E-state index contributed by atoms with van der Waals surface area (Å²) in [7, 11) is 2.05. The predicted octanol–water partition coefficient (Wildman–Crippen LogP) is 2.60. The van der Waals surface area contributed by atoms with Gasteiger partial charge in [0.1, 0.15) is 6.54 Å². The van der Waals surface area contributed by atoms with E-state index in [2.05, 4.69) is 23.7 Å². The van der Waals surface area contributed by atoms with Crippen LogP contribution in [-0.4, -0.2) is 19.5 Å². The van der Waals surface area contributed by atoms with Gasteiger partial charge in [-0.25, -0.2) is 0 Å². The van der Waals surface area contributed by atoms with Gasteiger partial charge in [0.15, 0.2) is 6.54 Å². The summed E-state index contributed by atoms with van der Waals surface area (Å²) in [5.41, 5.74) is 2.36. The lowest BCUT2D eigenvalue weighted by molar-refractivity contribution is -0.885. The molecule has 118 valence electrons. The van der Waals surface area contributed by atoms with Crippen LogP contribution in [0.15, 0.2) is 35.7 Å². The molecule has 1 aromatic carbocycles. The van der Waals surface area contributed by atoms with Crippen molar-refractivity contribution in [2.75, 3.05) is 13.6 Å². The molecule has 2 rings (SSSR count). The third-order valence-electron chi connectivity index (χ3n) is 3.64. The number of benzene rings is 1. The zero-order valence-electron chi connectivity index (χ0n) is 13.2. The summed E-state index contributed by atoms with van der Waals surface area (Å²) in [4.78, 5) is 14.7. The Bertz CT molecular complexity index is 624. The van der Waals surface area contributed by atoms with Crippen LogP contribution in [0.2, 0.25) is 5.02 Å². The Morgan fingerprint density at radius 3 is 2.59 bits per heavy atom. The molecule has 1 amide bonds. The molecule has 0 aliphatic heterocycles. The Kier molecular flexibility index (Phi) is 6.00. The minimum absolute atomic E-state index is 0.0129. The average molecular weight is 338 g/mol. The van der Waals surface area contributed by atoms with Crippen molar-refractivity contribution < 1.29 is 9.69 Å². The molecule has 3 nitrogen and oxygen atoms in total. The molecule has 0 saturated heterocycles. The Morgan fingerprint density at radius 1 is 1.32 bits per heavy atom. The van der Waals surface area contributed by atoms with Crippen molar-refractivity contribution >= 4 is 28.8 Å². The van der Waals surface area contributed by atoms with E-state index >= 15 is 0 Å². The normalized spacial score (nSPS) is 13.6. The quantitative estimate of drug-likeness (QED) is 0.834. The van der Waals surface area contributed by atoms with E-state index in [0.29, 0.717) is 11.6 Å². The van der Waals surface area contributed by atoms with Gasteiger partial charge in [-0.15, -0.1) is 11.3 Å². The Balaban J connectivity index is 1.84. The zero-order valence-corrected chi connectivity index (χ0v) is 14.7. The number of thiophene rings is 1. The lowest BCUT2D eigenvalue weighted by Gasteiger charge is -2.17. The van der Waals surface area contributed by atoms with Crippen molar-refractivity contribution in [3.8, 4) is 0 Å². The number of aryl methyl sites for hydroxylation is 1. The topological polar surface area (TPSA) is 33.5 Å². The van der Waals surface area contributed by atoms with Crippen LogP contribution >= 0.6 is 22.9 Å². The van der Waals surface area contributed by atoms with Crippen LogP contribution in [0, 0.1) is 6.92 Å². The third kappa shape index (κ3) is 4.83. The first-order valence-corrected chi connectivity index (χ1v) is 8.60. The molecular formula is C17H22ClN2OS+. The molecular weight excluding hydrogens is 316 g/mol. The van der Waals surface area contributed by atoms with Crippen LogP contribution in [0.4, 0.5) is 0 Å². The van der Waals surface area contributed by atoms with E-state index in [1.807, 2.05) is 38.2 Å². The van der Waals surface area contributed by atoms with Crippen LogP contribution in [0.25, 0.3) is 0 Å². The highest BCUT2D eigenvalue weighted by molar-refractivity contribution is 7.10. The molecule has 0 radical (unpaired) electrons. The second kappa shape index (κ2) is 7.77. The smallest absolute Gasteiger partial charge is 0.275 e. The van der Waals surface area contributed by atoms with Gasteiger partial charge in [-0.1, -0.05) is 23.7 Å². The zero-order chi connectivity index (χ0) is 16.1. The SMILES string of the molecule is Cc1ccsc1C[NH+](C)CC(=O)N[C@@H](C)c1ccc(Cl)cc1. The molecule has 2 N–H and O–H groups in total. The minimum Gasteiger partial charge on any atom is -0.345 e. The van der Waals surface area contributed by atoms with Crippen LogP contribution in [0.5, 0.6) is 0 Å². The number of likely N-dealkylation sites (N-methyl/N-ethyl adjacent to an activating group) is 1. The summed E-state index contributed by atoms with van der Waals surface area (Å²) < 4.78 is 0. The Morgan fingerprint density at radius 2 is 2.00 bits per heavy atom. The van der Waals surface area contributed by atoms with Gasteiger partial charge in [0.2, 0.25) is 0 Å². The summed E-state index contributed by atoms with van der Waals surface area (Å²) >= 11 is 7.63. The average Bonchev–Trinajstić information content (AvgIpc) is 2.84. The largest absolute Gasteiger partial charge is 0.345 e. The molecule has 5 heteroatoms. The lowest BCUT2D eigenvalue weighted by atomic mass is 10.1. The van der Waals surface area contributed by atoms with Crippen molar-refractivity contribution in [2.24, 2.45) is 0 Å². The molecule has 0 saturated carbocycles. The minimum atomic E-state index is -0.0129. The fourth-order valence-electron chi connectivity index (χ4n) is 2.32. The van der Waals surface area contributed by atoms with Gasteiger partial charge >= 0.3 is 0 Å². The fraction of sp³-hybridized carbons (Fsp3) is 0.353. The number of carbonyl (C=O) groups is 1. The molecule has 1 aromatic heterocycles. The van der Waals surface area contributed by atoms with E-state index in [-0.39, 0.29) is 11.9 Å². The number of rotatable bonds is 6. The number of hydrogen-bond donors (Lipinski definition) is 2. The van der Waals surface area contributed by atoms with Crippen molar-refractivity contribution in [3.63, 3.8) is 0 Å². The first kappa shape index (κ1) is 17.0. The molecule has 0 spiro atoms. The summed E-state index contributed by atoms with van der Waals surface area (Å²) in [6.45, 7) is 5.45. The van der Waals surface area contributed by atoms with Gasteiger partial charge < -0.3 is 10.2 Å². The predicted molar refractivity (Wildman–Crippen MR) is 92.5 cm³/mol. The van der Waals surface area contributed by atoms with Gasteiger partial charge in [-0.3, -0.25) is 4.79 Å². The Hall–Kier alpha value is -1.36. The molecule has 0 fully saturated rings. The molecule has 0 aliphatic carbocycles. The van der Waals surface area contributed by atoms with E-state index in [1.54, 1.807) is 11.3 Å². The van der Waals surface area contributed by atoms with Crippen LogP contribution in [0.1, 0.15) is 29.0 Å². The first-order chi connectivity index (χ1) is 10.5. The van der Waals surface area contributed by atoms with Crippen LogP contribution < -0.4 is 10.2 Å². The third-order valence-corrected chi connectivity index (χ3v) is 4.92. The monoisotopic (exact) mass is 337 g/mol. The van der Waals surface area contributed by atoms with Gasteiger partial charge in [0.05, 0.1) is 18.0 Å². The molecule has 0 bridgehead atoms. The van der Waals surface area contributed by atoms with Gasteiger partial charge in [-0.05, 0) is 48.6 Å². The number of quaternary nitrogens is 1. The van der Waals surface area contributed by atoms with Crippen molar-refractivity contribution in [3.05, 3.63) is 56.7 Å². The van der Waals surface area contributed by atoms with Crippen molar-refractivity contribution in [1.82, 2.24) is 5.32 Å². The second-order valence-electron chi connectivity index (χ2n) is 5.68. The molecule has 2 atom stereocenters. The number of nitrogens with one attached hydrogen (secondary N) is 2. The van der Waals surface area contributed by atoms with E-state index in [1.165, 1.54) is 15.3 Å². The van der Waals surface area contributed by atoms with E-state index in [0.717, 1.165) is 12.1 Å². The van der Waals surface area contributed by atoms with Crippen molar-refractivity contribution in [2.45, 2.75) is 26.4 Å². The highest BCUT2D eigenvalue weighted by Gasteiger charge is 2.15. The van der Waals surface area contributed by atoms with Crippen LogP contribution in [-0.2, 0) is 11.3 Å². The van der Waals surface area contributed by atoms with Crippen LogP contribution in [0.3, 0.4) is 0 Å². The lowest BCUT2D eigenvalue weighted by Crippen LogP contribution is -3.08. The molecule has 1 unspecified atom stereocenters. The van der Waals surface area contributed by atoms with Gasteiger partial charge in [-0.2, -0.15) is 0 Å². The standard InChI is InChI=1S/C17H21ClN2OS/c1-12-8-9-22-16(12)10-20(3)11-17(21)19-13(2)14-4-6-15(18)7-5-14/h4-9,13H,10-11H2,1-3H3,(H,19,21)/p+1/t13-/m0/s1. The van der Waals surface area contributed by atoms with E-state index in [4.69, 9.17) is 11.6 Å². The first-order valence-electron chi connectivity index (χ1n) is 7.35. The summed E-state index contributed by atoms with van der Waals surface area (Å²) in [5, 5.41) is 5.85. The summed E-state index contributed by atoms with van der Waals surface area (Å²) in [6.07, 6.45) is 0. The maximum atomic E-state index is 12.2. The molecule has 2 aromatic rings. The molecule has 0 aliphatic rings. The second-order valence-corrected chi connectivity index (χ2v) is 7.12. The summed E-state index contributed by atoms with van der Waals surface area (Å²) in [5.74, 6) is 0.0640. The summed E-state index contributed by atoms with van der Waals surface area (Å²) in [6, 6.07) is 9.68. The highest BCUT2D eigenvalue weighted by atomic mass is 35.5. The van der Waals surface area contributed by atoms with Gasteiger partial charge in [0.25, 0.3) is 5.91 Å². The van der Waals surface area contributed by atoms with E-state index in [9.17, 15) is 4.79 Å². The van der Waals surface area contributed by atoms with Gasteiger partial charge in [0, 0.05) is 5.02 Å². The Labute approximate surface area is 140 Å². The van der Waals surface area contributed by atoms with Crippen molar-refractivity contribution in [1.29, 1.82) is 0 Å². The molecule has 22 heavy (non-hydrogen) atoms. The number of halogens is 1. The maximum Gasteiger partial charge on any atom is 0.275 e. The maximum absolute atomic E-state index is 12.2. The molecule has 1 heterocycles.